The SMILES string of the molecule is CCO[C@H]1C[C@H]2C[C@@H](C)[C@@H](OC3CC[C@H](N(C)C)[C@@H](C)O3)/C=C/C=C/C[C@@H](C)OC(=O)C/C=C(\OC)[C@@H]2O1. The molecule has 0 N–H and O–H groups in total. The number of ether oxygens (including phenoxy) is 6. The second-order valence-electron chi connectivity index (χ2n) is 11.0. The smallest absolute Gasteiger partial charge is 0.310 e. The monoisotopic (exact) mass is 535 g/mol. The van der Waals surface area contributed by atoms with E-state index in [2.05, 4.69) is 38.9 Å². The van der Waals surface area contributed by atoms with E-state index in [-0.39, 0.29) is 61.2 Å². The topological polar surface area (TPSA) is 75.7 Å². The molecule has 216 valence electrons. The summed E-state index contributed by atoms with van der Waals surface area (Å²) < 4.78 is 36.3. The lowest BCUT2D eigenvalue weighted by atomic mass is 9.86. The van der Waals surface area contributed by atoms with Crippen LogP contribution in [0.1, 0.15) is 66.2 Å². The fourth-order valence-corrected chi connectivity index (χ4v) is 5.73. The molecule has 3 aliphatic rings. The predicted octanol–water partition coefficient (Wildman–Crippen LogP) is 4.99. The summed E-state index contributed by atoms with van der Waals surface area (Å²) in [6, 6.07) is 0.394. The Morgan fingerprint density at radius 1 is 1.05 bits per heavy atom. The third-order valence-electron chi connectivity index (χ3n) is 7.72. The van der Waals surface area contributed by atoms with Gasteiger partial charge in [0.15, 0.2) is 12.6 Å². The van der Waals surface area contributed by atoms with Crippen molar-refractivity contribution in [2.75, 3.05) is 27.8 Å². The predicted molar refractivity (Wildman–Crippen MR) is 146 cm³/mol. The minimum Gasteiger partial charge on any atom is -0.499 e. The van der Waals surface area contributed by atoms with E-state index in [0.717, 1.165) is 25.7 Å². The van der Waals surface area contributed by atoms with Gasteiger partial charge < -0.3 is 33.3 Å². The molecule has 3 heterocycles. The summed E-state index contributed by atoms with van der Waals surface area (Å²) in [6.07, 6.45) is 13.1. The summed E-state index contributed by atoms with van der Waals surface area (Å²) in [6.45, 7) is 8.78. The van der Waals surface area contributed by atoms with Crippen LogP contribution in [0, 0.1) is 11.8 Å². The lowest BCUT2D eigenvalue weighted by molar-refractivity contribution is -0.224. The summed E-state index contributed by atoms with van der Waals surface area (Å²) in [5.74, 6) is 0.707. The molecule has 1 unspecified atom stereocenters. The van der Waals surface area contributed by atoms with Crippen LogP contribution in [0.3, 0.4) is 0 Å². The quantitative estimate of drug-likeness (QED) is 0.441. The average molecular weight is 536 g/mol. The molecule has 0 radical (unpaired) electrons. The molecule has 0 aromatic carbocycles. The molecule has 8 nitrogen and oxygen atoms in total. The number of methoxy groups -OCH3 is 1. The molecule has 3 rings (SSSR count). The molecule has 8 heteroatoms. The summed E-state index contributed by atoms with van der Waals surface area (Å²) >= 11 is 0. The minimum atomic E-state index is -0.307. The molecule has 9 atom stereocenters. The zero-order valence-electron chi connectivity index (χ0n) is 24.3. The molecule has 0 spiro atoms. The Balaban J connectivity index is 1.82. The number of esters is 1. The summed E-state index contributed by atoms with van der Waals surface area (Å²) in [4.78, 5) is 14.6. The molecule has 38 heavy (non-hydrogen) atoms. The van der Waals surface area contributed by atoms with Gasteiger partial charge in [0, 0.05) is 25.5 Å². The van der Waals surface area contributed by atoms with Gasteiger partial charge in [-0.1, -0.05) is 31.2 Å². The first kappa shape index (κ1) is 30.8. The number of hydrogen-bond acceptors (Lipinski definition) is 8. The Bertz CT molecular complexity index is 825. The molecule has 0 aliphatic carbocycles. The van der Waals surface area contributed by atoms with Crippen molar-refractivity contribution in [3.8, 4) is 0 Å². The van der Waals surface area contributed by atoms with Gasteiger partial charge in [0.05, 0.1) is 25.7 Å². The first-order chi connectivity index (χ1) is 18.2. The molecule has 2 fully saturated rings. The normalized spacial score (nSPS) is 40.6. The number of allylic oxidation sites excluding steroid dienone is 2. The summed E-state index contributed by atoms with van der Waals surface area (Å²) in [5, 5.41) is 0. The standard InChI is InChI=1S/C30H49NO7/c1-8-34-29-19-23-18-20(2)25(37-28-17-14-24(31(5)6)22(4)36-28)13-11-9-10-12-21(3)35-27(32)16-15-26(33-7)30(23)38-29/h9-11,13,15,20-25,28-30H,8,12,14,16-19H2,1-7H3/b10-9+,13-11+,26-15-/t20-,21-,22-,23-,24+,25+,28?,29-,30-/m1/s1. The highest BCUT2D eigenvalue weighted by Crippen LogP contribution is 2.38. The van der Waals surface area contributed by atoms with Gasteiger partial charge in [0.25, 0.3) is 0 Å². The maximum absolute atomic E-state index is 12.4. The third kappa shape index (κ3) is 8.91. The van der Waals surface area contributed by atoms with Gasteiger partial charge in [-0.15, -0.1) is 0 Å². The number of cyclic esters (lactones) is 1. The van der Waals surface area contributed by atoms with Crippen molar-refractivity contribution in [2.45, 2.75) is 109 Å². The Hall–Kier alpha value is -1.71. The number of carbonyl (C=O) groups excluding carboxylic acids is 1. The van der Waals surface area contributed by atoms with E-state index in [1.165, 1.54) is 0 Å². The van der Waals surface area contributed by atoms with Crippen molar-refractivity contribution in [3.63, 3.8) is 0 Å². The van der Waals surface area contributed by atoms with Crippen LogP contribution < -0.4 is 0 Å². The van der Waals surface area contributed by atoms with Crippen molar-refractivity contribution in [1.82, 2.24) is 4.90 Å². The molecule has 0 aromatic rings. The van der Waals surface area contributed by atoms with Gasteiger partial charge in [0.2, 0.25) is 0 Å². The largest absolute Gasteiger partial charge is 0.499 e. The molecule has 0 saturated carbocycles. The lowest BCUT2D eigenvalue weighted by Crippen LogP contribution is -2.46. The number of hydrogen-bond donors (Lipinski definition) is 0. The maximum atomic E-state index is 12.4. The van der Waals surface area contributed by atoms with Gasteiger partial charge in [-0.05, 0) is 72.0 Å². The minimum absolute atomic E-state index is 0.104. The van der Waals surface area contributed by atoms with Gasteiger partial charge in [-0.2, -0.15) is 0 Å². The Morgan fingerprint density at radius 2 is 1.84 bits per heavy atom. The molecule has 0 bridgehead atoms. The van der Waals surface area contributed by atoms with Crippen LogP contribution in [0.25, 0.3) is 0 Å². The fourth-order valence-electron chi connectivity index (χ4n) is 5.73. The molecule has 0 aromatic heterocycles. The van der Waals surface area contributed by atoms with Crippen molar-refractivity contribution >= 4 is 5.97 Å². The summed E-state index contributed by atoms with van der Waals surface area (Å²) in [5.41, 5.74) is 0. The highest BCUT2D eigenvalue weighted by Gasteiger charge is 2.41. The van der Waals surface area contributed by atoms with Crippen molar-refractivity contribution in [3.05, 3.63) is 36.1 Å². The first-order valence-corrected chi connectivity index (χ1v) is 14.2. The van der Waals surface area contributed by atoms with Crippen LogP contribution in [0.2, 0.25) is 0 Å². The average Bonchev–Trinajstić information content (AvgIpc) is 3.24. The molecule has 0 amide bonds. The first-order valence-electron chi connectivity index (χ1n) is 14.2. The van der Waals surface area contributed by atoms with E-state index in [9.17, 15) is 4.79 Å². The van der Waals surface area contributed by atoms with E-state index in [0.29, 0.717) is 24.8 Å². The number of nitrogens with zero attached hydrogens (tertiary/aromatic N) is 1. The van der Waals surface area contributed by atoms with E-state index in [4.69, 9.17) is 28.4 Å². The van der Waals surface area contributed by atoms with E-state index in [1.54, 1.807) is 13.2 Å². The molecular weight excluding hydrogens is 486 g/mol. The van der Waals surface area contributed by atoms with Crippen molar-refractivity contribution < 1.29 is 33.2 Å². The Kier molecular flexibility index (Phi) is 12.3. The Morgan fingerprint density at radius 3 is 2.53 bits per heavy atom. The van der Waals surface area contributed by atoms with Crippen LogP contribution in [0.5, 0.6) is 0 Å². The third-order valence-corrected chi connectivity index (χ3v) is 7.72. The highest BCUT2D eigenvalue weighted by atomic mass is 16.7. The summed E-state index contributed by atoms with van der Waals surface area (Å²) in [7, 11) is 5.83. The van der Waals surface area contributed by atoms with Gasteiger partial charge in [-0.3, -0.25) is 4.79 Å². The van der Waals surface area contributed by atoms with Crippen LogP contribution in [0.4, 0.5) is 0 Å². The molecule has 3 aliphatic heterocycles. The second kappa shape index (κ2) is 15.2. The van der Waals surface area contributed by atoms with Gasteiger partial charge in [0.1, 0.15) is 18.0 Å². The van der Waals surface area contributed by atoms with Crippen LogP contribution in [-0.4, -0.2) is 81.7 Å². The van der Waals surface area contributed by atoms with Crippen LogP contribution in [0.15, 0.2) is 36.1 Å². The van der Waals surface area contributed by atoms with E-state index < -0.39 is 0 Å². The number of likely N-dealkylation sites (N-methyl/N-ethyl adjacent to an activating group) is 1. The van der Waals surface area contributed by atoms with Gasteiger partial charge >= 0.3 is 5.97 Å². The zero-order chi connectivity index (χ0) is 27.7. The number of fused-ring (bicyclic) bond motifs is 1. The second-order valence-corrected chi connectivity index (χ2v) is 11.0. The zero-order valence-corrected chi connectivity index (χ0v) is 24.3. The number of carbonyl (C=O) groups is 1. The fraction of sp³-hybridized carbons (Fsp3) is 0.767. The molecular formula is C30H49NO7. The Labute approximate surface area is 229 Å². The van der Waals surface area contributed by atoms with E-state index in [1.807, 2.05) is 32.1 Å². The molecule has 2 saturated heterocycles. The maximum Gasteiger partial charge on any atom is 0.310 e. The lowest BCUT2D eigenvalue weighted by Gasteiger charge is -2.39. The number of rotatable bonds is 6. The highest BCUT2D eigenvalue weighted by molar-refractivity contribution is 5.71. The van der Waals surface area contributed by atoms with Crippen LogP contribution in [-0.2, 0) is 33.2 Å². The van der Waals surface area contributed by atoms with Crippen molar-refractivity contribution in [2.24, 2.45) is 11.8 Å². The van der Waals surface area contributed by atoms with Crippen molar-refractivity contribution in [1.29, 1.82) is 0 Å². The van der Waals surface area contributed by atoms with Crippen LogP contribution >= 0.6 is 0 Å². The van der Waals surface area contributed by atoms with Gasteiger partial charge in [-0.25, -0.2) is 0 Å². The van der Waals surface area contributed by atoms with E-state index >= 15 is 0 Å².